The van der Waals surface area contributed by atoms with Crippen LogP contribution in [0.3, 0.4) is 0 Å². The van der Waals surface area contributed by atoms with Gasteiger partial charge in [0.25, 0.3) is 0 Å². The maximum absolute atomic E-state index is 5.11. The van der Waals surface area contributed by atoms with Crippen molar-refractivity contribution >= 4 is 68.1 Å². The number of aromatic nitrogens is 2. The SMILES string of the molecule is Cc1cc2c(cc1C)N(c1cc3cc(C(C)C)ccc3cn1)/C(=C1\Sc3cc(C)c(C)cc3N1c1cc3cc(C(C)C)ccc3cn1)S2. The Hall–Kier alpha value is -4.26. The van der Waals surface area contributed by atoms with Gasteiger partial charge in [0, 0.05) is 33.0 Å². The molecule has 0 fully saturated rings. The fourth-order valence-electron chi connectivity index (χ4n) is 6.57. The second-order valence-corrected chi connectivity index (χ2v) is 16.0. The van der Waals surface area contributed by atoms with Crippen LogP contribution < -0.4 is 9.80 Å². The Morgan fingerprint density at radius 1 is 0.479 bits per heavy atom. The number of aryl methyl sites for hydroxylation is 4. The lowest BCUT2D eigenvalue weighted by Gasteiger charge is -2.26. The first-order valence-corrected chi connectivity index (χ1v) is 18.4. The van der Waals surface area contributed by atoms with Crippen molar-refractivity contribution in [2.24, 2.45) is 0 Å². The summed E-state index contributed by atoms with van der Waals surface area (Å²) >= 11 is 3.67. The van der Waals surface area contributed by atoms with Gasteiger partial charge in [-0.3, -0.25) is 9.80 Å². The summed E-state index contributed by atoms with van der Waals surface area (Å²) in [4.78, 5) is 17.5. The summed E-state index contributed by atoms with van der Waals surface area (Å²) in [5.74, 6) is 2.77. The summed E-state index contributed by atoms with van der Waals surface area (Å²) in [7, 11) is 0. The zero-order chi connectivity index (χ0) is 33.4. The maximum atomic E-state index is 5.11. The first kappa shape index (κ1) is 31.0. The molecule has 4 heterocycles. The Kier molecular flexibility index (Phi) is 7.57. The zero-order valence-corrected chi connectivity index (χ0v) is 30.5. The summed E-state index contributed by atoms with van der Waals surface area (Å²) in [6.07, 6.45) is 4.05. The van der Waals surface area contributed by atoms with Crippen LogP contribution in [0.15, 0.2) is 105 Å². The second kappa shape index (κ2) is 11.7. The molecule has 48 heavy (non-hydrogen) atoms. The van der Waals surface area contributed by atoms with Crippen molar-refractivity contribution in [3.05, 3.63) is 129 Å². The van der Waals surface area contributed by atoms with E-state index in [0.29, 0.717) is 11.8 Å². The summed E-state index contributed by atoms with van der Waals surface area (Å²) in [6.45, 7) is 17.8. The molecule has 0 saturated heterocycles. The van der Waals surface area contributed by atoms with E-state index in [-0.39, 0.29) is 0 Å². The van der Waals surface area contributed by atoms with Crippen LogP contribution in [0.4, 0.5) is 23.0 Å². The van der Waals surface area contributed by atoms with E-state index in [9.17, 15) is 0 Å². The van der Waals surface area contributed by atoms with Gasteiger partial charge in [0.2, 0.25) is 0 Å². The van der Waals surface area contributed by atoms with E-state index in [2.05, 4.69) is 138 Å². The van der Waals surface area contributed by atoms with Crippen molar-refractivity contribution in [1.29, 1.82) is 0 Å². The van der Waals surface area contributed by atoms with E-state index >= 15 is 0 Å². The van der Waals surface area contributed by atoms with Gasteiger partial charge in [-0.15, -0.1) is 0 Å². The number of nitrogens with zero attached hydrogens (tertiary/aromatic N) is 4. The first-order valence-electron chi connectivity index (χ1n) is 16.8. The van der Waals surface area contributed by atoms with Crippen LogP contribution in [0.5, 0.6) is 0 Å². The molecule has 2 aliphatic rings. The molecule has 0 aliphatic carbocycles. The summed E-state index contributed by atoms with van der Waals surface area (Å²) in [6, 6.07) is 27.4. The molecule has 2 aliphatic heterocycles. The highest BCUT2D eigenvalue weighted by Crippen LogP contribution is 2.59. The van der Waals surface area contributed by atoms with Crippen molar-refractivity contribution in [2.75, 3.05) is 9.80 Å². The lowest BCUT2D eigenvalue weighted by atomic mass is 10.00. The molecule has 0 radical (unpaired) electrons. The molecule has 0 N–H and O–H groups in total. The van der Waals surface area contributed by atoms with Gasteiger partial charge < -0.3 is 0 Å². The number of thioether (sulfide) groups is 2. The van der Waals surface area contributed by atoms with Gasteiger partial charge in [0.15, 0.2) is 0 Å². The van der Waals surface area contributed by atoms with Gasteiger partial charge in [-0.1, -0.05) is 87.6 Å². The molecule has 0 atom stereocenters. The molecule has 0 amide bonds. The molecular weight excluding hydrogens is 625 g/mol. The topological polar surface area (TPSA) is 32.3 Å². The van der Waals surface area contributed by atoms with E-state index in [0.717, 1.165) is 32.5 Å². The van der Waals surface area contributed by atoms with Gasteiger partial charge in [0.05, 0.1) is 11.4 Å². The molecular formula is C42H40N4S2. The standard InChI is InChI=1S/C42H40N4S2/c1-23(2)29-9-11-31-21-43-39(19-33(31)17-29)45-35-13-25(5)27(7)15-37(35)47-41(45)42-46(36-14-26(6)28(8)16-38(36)48-42)40-20-34-18-30(24(3)4)10-12-32(34)22-44-40/h9-24H,1-8H3/b42-41+. The third-order valence-electron chi connectivity index (χ3n) is 9.89. The number of hydrogen-bond donors (Lipinski definition) is 0. The molecule has 6 heteroatoms. The molecule has 0 unspecified atom stereocenters. The van der Waals surface area contributed by atoms with Crippen LogP contribution in [0, 0.1) is 27.7 Å². The molecule has 2 aromatic heterocycles. The number of anilines is 4. The van der Waals surface area contributed by atoms with Gasteiger partial charge in [-0.2, -0.15) is 0 Å². The number of rotatable bonds is 4. The van der Waals surface area contributed by atoms with Crippen LogP contribution in [0.1, 0.15) is 72.9 Å². The van der Waals surface area contributed by atoms with Crippen molar-refractivity contribution in [2.45, 2.75) is 77.0 Å². The smallest absolute Gasteiger partial charge is 0.138 e. The van der Waals surface area contributed by atoms with Crippen LogP contribution in [-0.4, -0.2) is 9.97 Å². The van der Waals surface area contributed by atoms with E-state index in [1.807, 2.05) is 35.9 Å². The second-order valence-electron chi connectivity index (χ2n) is 13.9. The quantitative estimate of drug-likeness (QED) is 0.186. The Labute approximate surface area is 292 Å². The van der Waals surface area contributed by atoms with Gasteiger partial charge >= 0.3 is 0 Å². The maximum Gasteiger partial charge on any atom is 0.138 e. The number of benzene rings is 4. The predicted octanol–water partition coefficient (Wildman–Crippen LogP) is 12.6. The Bertz CT molecular complexity index is 2160. The predicted molar refractivity (Wildman–Crippen MR) is 207 cm³/mol. The first-order chi connectivity index (χ1) is 23.0. The van der Waals surface area contributed by atoms with E-state index < -0.39 is 0 Å². The van der Waals surface area contributed by atoms with E-state index in [4.69, 9.17) is 9.97 Å². The molecule has 0 spiro atoms. The summed E-state index contributed by atoms with van der Waals surface area (Å²) in [5.41, 5.74) is 10.2. The lowest BCUT2D eigenvalue weighted by molar-refractivity contribution is 0.868. The minimum absolute atomic E-state index is 0.456. The number of hydrogen-bond acceptors (Lipinski definition) is 6. The minimum atomic E-state index is 0.456. The fraction of sp³-hybridized carbons (Fsp3) is 0.238. The monoisotopic (exact) mass is 664 g/mol. The molecule has 4 aromatic carbocycles. The molecule has 8 rings (SSSR count). The van der Waals surface area contributed by atoms with Gasteiger partial charge in [-0.25, -0.2) is 9.97 Å². The summed E-state index contributed by atoms with van der Waals surface area (Å²) < 4.78 is 0. The third kappa shape index (κ3) is 5.17. The van der Waals surface area contributed by atoms with Gasteiger partial charge in [-0.05, 0) is 120 Å². The van der Waals surface area contributed by atoms with Crippen LogP contribution >= 0.6 is 23.5 Å². The van der Waals surface area contributed by atoms with E-state index in [1.165, 1.54) is 65.3 Å². The Balaban J connectivity index is 1.37. The van der Waals surface area contributed by atoms with Crippen molar-refractivity contribution in [1.82, 2.24) is 9.97 Å². The average molecular weight is 665 g/mol. The molecule has 240 valence electrons. The Morgan fingerprint density at radius 2 is 0.875 bits per heavy atom. The van der Waals surface area contributed by atoms with Gasteiger partial charge in [0.1, 0.15) is 21.7 Å². The number of pyridine rings is 2. The fourth-order valence-corrected chi connectivity index (χ4v) is 9.14. The van der Waals surface area contributed by atoms with Crippen LogP contribution in [-0.2, 0) is 0 Å². The highest BCUT2D eigenvalue weighted by Gasteiger charge is 2.38. The molecule has 4 nitrogen and oxygen atoms in total. The van der Waals surface area contributed by atoms with E-state index in [1.54, 1.807) is 0 Å². The minimum Gasteiger partial charge on any atom is -0.285 e. The van der Waals surface area contributed by atoms with Crippen molar-refractivity contribution in [3.63, 3.8) is 0 Å². The largest absolute Gasteiger partial charge is 0.285 e. The molecule has 0 saturated carbocycles. The molecule has 6 aromatic rings. The van der Waals surface area contributed by atoms with Crippen molar-refractivity contribution in [3.8, 4) is 0 Å². The van der Waals surface area contributed by atoms with Crippen LogP contribution in [0.2, 0.25) is 0 Å². The van der Waals surface area contributed by atoms with Crippen molar-refractivity contribution < 1.29 is 0 Å². The normalized spacial score (nSPS) is 15.8. The number of fused-ring (bicyclic) bond motifs is 4. The average Bonchev–Trinajstić information content (AvgIpc) is 3.61. The third-order valence-corrected chi connectivity index (χ3v) is 12.3. The Morgan fingerprint density at radius 3 is 1.27 bits per heavy atom. The highest BCUT2D eigenvalue weighted by molar-refractivity contribution is 8.07. The molecule has 0 bridgehead atoms. The van der Waals surface area contributed by atoms with Crippen LogP contribution in [0.25, 0.3) is 21.5 Å². The highest BCUT2D eigenvalue weighted by atomic mass is 32.2. The summed E-state index contributed by atoms with van der Waals surface area (Å²) in [5, 5.41) is 7.02. The lowest BCUT2D eigenvalue weighted by Crippen LogP contribution is -2.20. The zero-order valence-electron chi connectivity index (χ0n) is 28.8.